The van der Waals surface area contributed by atoms with Gasteiger partial charge in [0.2, 0.25) is 0 Å². The van der Waals surface area contributed by atoms with Crippen molar-refractivity contribution >= 4 is 17.2 Å². The van der Waals surface area contributed by atoms with Crippen molar-refractivity contribution in [3.8, 4) is 0 Å². The summed E-state index contributed by atoms with van der Waals surface area (Å²) in [5.74, 6) is 0. The zero-order chi connectivity index (χ0) is 8.69. The Morgan fingerprint density at radius 3 is 2.45 bits per heavy atom. The quantitative estimate of drug-likeness (QED) is 0.528. The third kappa shape index (κ3) is 7.00. The first-order valence-electron chi connectivity index (χ1n) is 2.74. The Morgan fingerprint density at radius 2 is 2.00 bits per heavy atom. The molecule has 0 heterocycles. The molecule has 0 saturated carbocycles. The summed E-state index contributed by atoms with van der Waals surface area (Å²) in [4.78, 5) is 17.5. The molecule has 0 bridgehead atoms. The Balaban J connectivity index is 3.27. The van der Waals surface area contributed by atoms with E-state index in [1.165, 1.54) is 7.11 Å². The monoisotopic (exact) mass is 203 g/mol. The summed E-state index contributed by atoms with van der Waals surface area (Å²) in [5, 5.41) is 0. The molecule has 0 saturated heterocycles. The van der Waals surface area contributed by atoms with E-state index in [4.69, 9.17) is 15.5 Å². The highest BCUT2D eigenvalue weighted by Gasteiger charge is 2.13. The Labute approximate surface area is 67.3 Å². The summed E-state index contributed by atoms with van der Waals surface area (Å²) in [7, 11) is -2.82. The lowest BCUT2D eigenvalue weighted by molar-refractivity contribution is 0.243. The van der Waals surface area contributed by atoms with Crippen molar-refractivity contribution in [3.63, 3.8) is 0 Å². The molecule has 68 valence electrons. The second-order valence-electron chi connectivity index (χ2n) is 1.36. The number of hydrogen-bond donors (Lipinski definition) is 3. The van der Waals surface area contributed by atoms with E-state index in [0.717, 1.165) is 0 Å². The maximum absolute atomic E-state index is 8.82. The summed E-state index contributed by atoms with van der Waals surface area (Å²) < 4.78 is 13.4. The van der Waals surface area contributed by atoms with Crippen molar-refractivity contribution < 1.29 is 23.1 Å². The second-order valence-corrected chi connectivity index (χ2v) is 3.59. The van der Waals surface area contributed by atoms with Crippen molar-refractivity contribution in [1.29, 1.82) is 0 Å². The summed E-state index contributed by atoms with van der Waals surface area (Å²) in [6.45, 7) is 0.480. The number of nitrogens with two attached hydrogens (primary N) is 1. The first kappa shape index (κ1) is 11.6. The predicted molar refractivity (Wildman–Crippen MR) is 41.4 cm³/mol. The lowest BCUT2D eigenvalue weighted by Crippen LogP contribution is -2.06. The van der Waals surface area contributed by atoms with Crippen LogP contribution >= 0.6 is 17.2 Å². The van der Waals surface area contributed by atoms with Gasteiger partial charge in [-0.15, -0.1) is 0 Å². The van der Waals surface area contributed by atoms with Crippen molar-refractivity contribution in [1.82, 2.24) is 0 Å². The standard InChI is InChI=1S/C3H11NO5P2/c1-7-10(5)9-11(6)8-3-2-4/h5-6H,2-4H2,1H3. The largest absolute Gasteiger partial charge is 0.337 e. The van der Waals surface area contributed by atoms with Crippen LogP contribution in [-0.2, 0) is 13.4 Å². The highest BCUT2D eigenvalue weighted by Crippen LogP contribution is 2.48. The molecule has 2 unspecified atom stereocenters. The van der Waals surface area contributed by atoms with Gasteiger partial charge in [-0.05, 0) is 0 Å². The fraction of sp³-hybridized carbons (Fsp3) is 1.00. The minimum atomic E-state index is -2.06. The fourth-order valence-corrected chi connectivity index (χ4v) is 1.44. The van der Waals surface area contributed by atoms with Gasteiger partial charge >= 0.3 is 17.2 Å². The molecule has 2 atom stereocenters. The van der Waals surface area contributed by atoms with Gasteiger partial charge < -0.3 is 24.6 Å². The van der Waals surface area contributed by atoms with Crippen LogP contribution in [0.3, 0.4) is 0 Å². The van der Waals surface area contributed by atoms with Crippen LogP contribution in [0.2, 0.25) is 0 Å². The van der Waals surface area contributed by atoms with E-state index >= 15 is 0 Å². The molecule has 6 nitrogen and oxygen atoms in total. The third-order valence-electron chi connectivity index (χ3n) is 0.615. The van der Waals surface area contributed by atoms with Gasteiger partial charge in [0.15, 0.2) is 0 Å². The molecule has 0 radical (unpaired) electrons. The molecule has 0 aliphatic heterocycles. The van der Waals surface area contributed by atoms with Gasteiger partial charge in [-0.3, -0.25) is 0 Å². The van der Waals surface area contributed by atoms with Gasteiger partial charge in [0.1, 0.15) is 0 Å². The van der Waals surface area contributed by atoms with Crippen molar-refractivity contribution in [2.24, 2.45) is 5.73 Å². The van der Waals surface area contributed by atoms with Crippen LogP contribution in [0.1, 0.15) is 0 Å². The van der Waals surface area contributed by atoms with Crippen LogP contribution in [0.15, 0.2) is 0 Å². The molecule has 0 rings (SSSR count). The molecular weight excluding hydrogens is 192 g/mol. The number of hydrogen-bond acceptors (Lipinski definition) is 6. The van der Waals surface area contributed by atoms with Crippen LogP contribution in [0, 0.1) is 0 Å². The minimum Gasteiger partial charge on any atom is -0.328 e. The molecule has 0 aliphatic rings. The molecule has 0 aromatic carbocycles. The average Bonchev–Trinajstić information content (AvgIpc) is 2.00. The third-order valence-corrected chi connectivity index (χ3v) is 2.45. The van der Waals surface area contributed by atoms with Crippen LogP contribution in [0.25, 0.3) is 0 Å². The molecular formula is C3H11NO5P2. The minimum absolute atomic E-state index is 0.190. The van der Waals surface area contributed by atoms with E-state index in [9.17, 15) is 0 Å². The van der Waals surface area contributed by atoms with E-state index in [-0.39, 0.29) is 6.61 Å². The SMILES string of the molecule is COP(O)OP(O)OCCN. The predicted octanol–water partition coefficient (Wildman–Crippen LogP) is 0.0631. The van der Waals surface area contributed by atoms with Crippen molar-refractivity contribution in [2.75, 3.05) is 20.3 Å². The highest BCUT2D eigenvalue weighted by molar-refractivity contribution is 7.54. The topological polar surface area (TPSA) is 94.2 Å². The number of rotatable bonds is 6. The average molecular weight is 203 g/mol. The molecule has 4 N–H and O–H groups in total. The van der Waals surface area contributed by atoms with Gasteiger partial charge in [-0.25, -0.2) is 4.31 Å². The molecule has 0 aliphatic carbocycles. The van der Waals surface area contributed by atoms with E-state index in [1.807, 2.05) is 0 Å². The summed E-state index contributed by atoms with van der Waals surface area (Å²) in [6, 6.07) is 0. The zero-order valence-corrected chi connectivity index (χ0v) is 7.79. The van der Waals surface area contributed by atoms with E-state index in [0.29, 0.717) is 6.54 Å². The summed E-state index contributed by atoms with van der Waals surface area (Å²) in [5.41, 5.74) is 5.07. The van der Waals surface area contributed by atoms with E-state index in [2.05, 4.69) is 13.4 Å². The first-order valence-corrected chi connectivity index (χ1v) is 5.00. The van der Waals surface area contributed by atoms with Gasteiger partial charge in [-0.2, -0.15) is 0 Å². The Kier molecular flexibility index (Phi) is 7.69. The lowest BCUT2D eigenvalue weighted by Gasteiger charge is -2.11. The molecule has 8 heteroatoms. The van der Waals surface area contributed by atoms with Crippen LogP contribution in [-0.4, -0.2) is 30.0 Å². The van der Waals surface area contributed by atoms with E-state index in [1.54, 1.807) is 0 Å². The molecule has 0 amide bonds. The van der Waals surface area contributed by atoms with Gasteiger partial charge in [-0.1, -0.05) is 0 Å². The Hall–Kier alpha value is 0.620. The summed E-state index contributed by atoms with van der Waals surface area (Å²) in [6.07, 6.45) is 0. The maximum atomic E-state index is 8.82. The molecule has 0 fully saturated rings. The zero-order valence-electron chi connectivity index (χ0n) is 6.01. The second kappa shape index (κ2) is 7.28. The molecule has 11 heavy (non-hydrogen) atoms. The van der Waals surface area contributed by atoms with Crippen LogP contribution in [0.5, 0.6) is 0 Å². The van der Waals surface area contributed by atoms with Gasteiger partial charge in [0, 0.05) is 13.7 Å². The van der Waals surface area contributed by atoms with Crippen LogP contribution < -0.4 is 5.73 Å². The van der Waals surface area contributed by atoms with Crippen LogP contribution in [0.4, 0.5) is 0 Å². The van der Waals surface area contributed by atoms with Crippen molar-refractivity contribution in [3.05, 3.63) is 0 Å². The van der Waals surface area contributed by atoms with Gasteiger partial charge in [0.25, 0.3) is 0 Å². The Bertz CT molecular complexity index is 95.8. The maximum Gasteiger partial charge on any atom is 0.337 e. The fourth-order valence-electron chi connectivity index (χ4n) is 0.247. The summed E-state index contributed by atoms with van der Waals surface area (Å²) >= 11 is 0. The molecule has 0 aromatic heterocycles. The van der Waals surface area contributed by atoms with Crippen molar-refractivity contribution in [2.45, 2.75) is 0 Å². The van der Waals surface area contributed by atoms with Gasteiger partial charge in [0.05, 0.1) is 6.61 Å². The normalized spacial score (nSPS) is 16.4. The highest BCUT2D eigenvalue weighted by atomic mass is 31.2. The molecule has 0 spiro atoms. The van der Waals surface area contributed by atoms with E-state index < -0.39 is 17.2 Å². The Morgan fingerprint density at radius 1 is 1.36 bits per heavy atom. The smallest absolute Gasteiger partial charge is 0.328 e. The lowest BCUT2D eigenvalue weighted by atomic mass is 10.8. The first-order chi connectivity index (χ1) is 5.20. The molecule has 0 aromatic rings.